The van der Waals surface area contributed by atoms with Crippen molar-refractivity contribution in [1.29, 1.82) is 0 Å². The van der Waals surface area contributed by atoms with Crippen molar-refractivity contribution in [3.63, 3.8) is 0 Å². The number of hydrogen-bond acceptors (Lipinski definition) is 3. The average molecular weight is 248 g/mol. The van der Waals surface area contributed by atoms with Gasteiger partial charge in [0.25, 0.3) is 0 Å². The smallest absolute Gasteiger partial charge is 0.264 e. The Morgan fingerprint density at radius 2 is 2.06 bits per heavy atom. The van der Waals surface area contributed by atoms with Crippen LogP contribution in [0, 0.1) is 5.82 Å². The molecule has 1 atom stereocenters. The topological polar surface area (TPSA) is 63.6 Å². The first kappa shape index (κ1) is 13.1. The van der Waals surface area contributed by atoms with E-state index >= 15 is 0 Å². The molecule has 0 radical (unpaired) electrons. The van der Waals surface area contributed by atoms with Gasteiger partial charge in [0.15, 0.2) is 0 Å². The first-order valence-electron chi connectivity index (χ1n) is 4.80. The zero-order chi connectivity index (χ0) is 12.2. The highest BCUT2D eigenvalue weighted by Crippen LogP contribution is 2.22. The maximum absolute atomic E-state index is 13.4. The molecule has 0 amide bonds. The summed E-state index contributed by atoms with van der Waals surface area (Å²) in [6.45, 7) is 1.51. The highest BCUT2D eigenvalue weighted by Gasteiger charge is 2.16. The SMILES string of the molecule is CCC(COS(=O)(=O)O)c1ccccc1F. The number of benzene rings is 1. The normalized spacial score (nSPS) is 13.7. The van der Waals surface area contributed by atoms with E-state index in [2.05, 4.69) is 4.18 Å². The van der Waals surface area contributed by atoms with Crippen LogP contribution in [0.5, 0.6) is 0 Å². The van der Waals surface area contributed by atoms with Crippen LogP contribution < -0.4 is 0 Å². The Morgan fingerprint density at radius 3 is 2.56 bits per heavy atom. The third-order valence-electron chi connectivity index (χ3n) is 2.26. The van der Waals surface area contributed by atoms with Gasteiger partial charge in [0, 0.05) is 5.92 Å². The Kier molecular flexibility index (Phi) is 4.40. The molecular formula is C10H13FO4S. The summed E-state index contributed by atoms with van der Waals surface area (Å²) in [6, 6.07) is 6.08. The van der Waals surface area contributed by atoms with Gasteiger partial charge in [-0.3, -0.25) is 4.55 Å². The molecule has 1 rings (SSSR count). The minimum atomic E-state index is -4.47. The molecule has 0 aromatic heterocycles. The van der Waals surface area contributed by atoms with E-state index in [1.165, 1.54) is 6.07 Å². The van der Waals surface area contributed by atoms with Crippen LogP contribution in [-0.2, 0) is 14.6 Å². The zero-order valence-corrected chi connectivity index (χ0v) is 9.58. The molecule has 16 heavy (non-hydrogen) atoms. The molecule has 1 aromatic rings. The molecule has 6 heteroatoms. The van der Waals surface area contributed by atoms with Crippen molar-refractivity contribution in [3.05, 3.63) is 35.6 Å². The first-order chi connectivity index (χ1) is 7.44. The Balaban J connectivity index is 2.79. The lowest BCUT2D eigenvalue weighted by molar-refractivity contribution is 0.246. The van der Waals surface area contributed by atoms with Gasteiger partial charge in [-0.15, -0.1) is 0 Å². The van der Waals surface area contributed by atoms with E-state index in [0.29, 0.717) is 12.0 Å². The summed E-state index contributed by atoms with van der Waals surface area (Å²) in [7, 11) is -4.47. The van der Waals surface area contributed by atoms with E-state index in [0.717, 1.165) is 0 Å². The van der Waals surface area contributed by atoms with Crippen molar-refractivity contribution in [2.75, 3.05) is 6.61 Å². The Bertz CT molecular complexity index is 444. The van der Waals surface area contributed by atoms with Gasteiger partial charge in [-0.1, -0.05) is 25.1 Å². The van der Waals surface area contributed by atoms with E-state index in [-0.39, 0.29) is 6.61 Å². The summed E-state index contributed by atoms with van der Waals surface area (Å²) in [6.07, 6.45) is 0.510. The van der Waals surface area contributed by atoms with E-state index in [4.69, 9.17) is 4.55 Å². The van der Waals surface area contributed by atoms with E-state index in [1.807, 2.05) is 0 Å². The van der Waals surface area contributed by atoms with Gasteiger partial charge >= 0.3 is 10.4 Å². The molecular weight excluding hydrogens is 235 g/mol. The van der Waals surface area contributed by atoms with Crippen molar-refractivity contribution < 1.29 is 21.5 Å². The average Bonchev–Trinajstić information content (AvgIpc) is 2.20. The lowest BCUT2D eigenvalue weighted by Gasteiger charge is -2.14. The predicted octanol–water partition coefficient (Wildman–Crippen LogP) is 2.14. The molecule has 1 N–H and O–H groups in total. The fourth-order valence-electron chi connectivity index (χ4n) is 1.40. The Labute approximate surface area is 94.0 Å². The van der Waals surface area contributed by atoms with Crippen LogP contribution in [0.1, 0.15) is 24.8 Å². The van der Waals surface area contributed by atoms with E-state index < -0.39 is 22.1 Å². The lowest BCUT2D eigenvalue weighted by atomic mass is 9.97. The third kappa shape index (κ3) is 3.88. The molecule has 0 saturated heterocycles. The number of hydrogen-bond donors (Lipinski definition) is 1. The van der Waals surface area contributed by atoms with Crippen LogP contribution in [0.4, 0.5) is 4.39 Å². The molecule has 0 aliphatic rings. The molecule has 1 unspecified atom stereocenters. The van der Waals surface area contributed by atoms with Crippen LogP contribution in [-0.4, -0.2) is 19.6 Å². The van der Waals surface area contributed by atoms with Crippen LogP contribution in [0.25, 0.3) is 0 Å². The molecule has 1 aromatic carbocycles. The van der Waals surface area contributed by atoms with Crippen LogP contribution in [0.2, 0.25) is 0 Å². The van der Waals surface area contributed by atoms with Crippen molar-refractivity contribution >= 4 is 10.4 Å². The minimum absolute atomic E-state index is 0.268. The highest BCUT2D eigenvalue weighted by molar-refractivity contribution is 7.80. The summed E-state index contributed by atoms with van der Waals surface area (Å²) in [5.74, 6) is -0.809. The van der Waals surface area contributed by atoms with Crippen LogP contribution in [0.3, 0.4) is 0 Å². The lowest BCUT2D eigenvalue weighted by Crippen LogP contribution is -2.13. The molecule has 0 aliphatic heterocycles. The van der Waals surface area contributed by atoms with Gasteiger partial charge < -0.3 is 0 Å². The Hall–Kier alpha value is -0.980. The third-order valence-corrected chi connectivity index (χ3v) is 2.69. The van der Waals surface area contributed by atoms with Crippen LogP contribution >= 0.6 is 0 Å². The fourth-order valence-corrected chi connectivity index (χ4v) is 1.74. The molecule has 0 heterocycles. The summed E-state index contributed by atoms with van der Waals surface area (Å²) < 4.78 is 46.9. The molecule has 0 aliphatic carbocycles. The molecule has 0 fully saturated rings. The zero-order valence-electron chi connectivity index (χ0n) is 8.76. The summed E-state index contributed by atoms with van der Waals surface area (Å²) in [5, 5.41) is 0. The maximum Gasteiger partial charge on any atom is 0.397 e. The Morgan fingerprint density at radius 1 is 1.44 bits per heavy atom. The van der Waals surface area contributed by atoms with E-state index in [9.17, 15) is 12.8 Å². The van der Waals surface area contributed by atoms with Gasteiger partial charge in [-0.05, 0) is 18.1 Å². The summed E-state index contributed by atoms with van der Waals surface area (Å²) >= 11 is 0. The molecule has 4 nitrogen and oxygen atoms in total. The van der Waals surface area contributed by atoms with Crippen molar-refractivity contribution in [3.8, 4) is 0 Å². The van der Waals surface area contributed by atoms with E-state index in [1.54, 1.807) is 25.1 Å². The second-order valence-electron chi connectivity index (χ2n) is 3.34. The van der Waals surface area contributed by atoms with Gasteiger partial charge in [-0.2, -0.15) is 8.42 Å². The number of halogens is 1. The van der Waals surface area contributed by atoms with Gasteiger partial charge in [-0.25, -0.2) is 8.57 Å². The maximum atomic E-state index is 13.4. The fraction of sp³-hybridized carbons (Fsp3) is 0.400. The van der Waals surface area contributed by atoms with Crippen molar-refractivity contribution in [2.24, 2.45) is 0 Å². The summed E-state index contributed by atoms with van der Waals surface area (Å²) in [5.41, 5.74) is 0.383. The molecule has 0 saturated carbocycles. The van der Waals surface area contributed by atoms with Crippen LogP contribution in [0.15, 0.2) is 24.3 Å². The second-order valence-corrected chi connectivity index (χ2v) is 4.43. The van der Waals surface area contributed by atoms with Crippen molar-refractivity contribution in [1.82, 2.24) is 0 Å². The first-order valence-corrected chi connectivity index (χ1v) is 6.17. The largest absolute Gasteiger partial charge is 0.397 e. The van der Waals surface area contributed by atoms with Gasteiger partial charge in [0.2, 0.25) is 0 Å². The quantitative estimate of drug-likeness (QED) is 0.811. The standard InChI is InChI=1S/C10H13FO4S/c1-2-8(7-15-16(12,13)14)9-5-3-4-6-10(9)11/h3-6,8H,2,7H2,1H3,(H,12,13,14). The molecule has 90 valence electrons. The number of rotatable bonds is 5. The van der Waals surface area contributed by atoms with Gasteiger partial charge in [0.05, 0.1) is 6.61 Å². The predicted molar refractivity (Wildman–Crippen MR) is 56.9 cm³/mol. The van der Waals surface area contributed by atoms with Gasteiger partial charge in [0.1, 0.15) is 5.82 Å². The second kappa shape index (κ2) is 5.38. The highest BCUT2D eigenvalue weighted by atomic mass is 32.3. The van der Waals surface area contributed by atoms with Crippen molar-refractivity contribution in [2.45, 2.75) is 19.3 Å². The monoisotopic (exact) mass is 248 g/mol. The minimum Gasteiger partial charge on any atom is -0.264 e. The molecule has 0 spiro atoms. The summed E-state index contributed by atoms with van der Waals surface area (Å²) in [4.78, 5) is 0. The molecule has 0 bridgehead atoms.